The van der Waals surface area contributed by atoms with Crippen LogP contribution in [-0.2, 0) is 15.7 Å². The van der Waals surface area contributed by atoms with Gasteiger partial charge in [-0.1, -0.05) is 0 Å². The molecule has 0 aromatic carbocycles. The predicted molar refractivity (Wildman–Crippen MR) is 33.7 cm³/mol. The Morgan fingerprint density at radius 3 is 2.25 bits per heavy atom. The summed E-state index contributed by atoms with van der Waals surface area (Å²) < 4.78 is 0. The topological polar surface area (TPSA) is 40.1 Å². The van der Waals surface area contributed by atoms with E-state index in [0.717, 1.165) is 5.75 Å². The van der Waals surface area contributed by atoms with Crippen molar-refractivity contribution in [1.29, 1.82) is 0 Å². The van der Waals surface area contributed by atoms with Gasteiger partial charge in [0.15, 0.2) is 0 Å². The molecule has 0 aromatic rings. The Hall–Kier alpha value is -0.180. The monoisotopic (exact) mass is 134 g/mol. The summed E-state index contributed by atoms with van der Waals surface area (Å²) in [4.78, 5) is 9.80. The molecule has 3 heteroatoms. The van der Waals surface area contributed by atoms with Gasteiger partial charge < -0.3 is 9.90 Å². The first-order valence-electron chi connectivity index (χ1n) is 2.37. The van der Waals surface area contributed by atoms with Crippen molar-refractivity contribution in [3.63, 3.8) is 0 Å². The molecule has 0 aliphatic carbocycles. The van der Waals surface area contributed by atoms with E-state index in [0.29, 0.717) is 0 Å². The highest BCUT2D eigenvalue weighted by atomic mass is 32.2. The van der Waals surface area contributed by atoms with Crippen LogP contribution in [0.2, 0.25) is 0 Å². The third-order valence-electron chi connectivity index (χ3n) is 0.714. The summed E-state index contributed by atoms with van der Waals surface area (Å²) in [7, 11) is 0.243. The van der Waals surface area contributed by atoms with Gasteiger partial charge in [-0.05, 0) is 10.9 Å². The minimum absolute atomic E-state index is 0.204. The Labute approximate surface area is 52.2 Å². The number of hydrogen-bond acceptors (Lipinski definition) is 2. The molecule has 0 N–H and O–H groups in total. The van der Waals surface area contributed by atoms with Crippen molar-refractivity contribution in [2.45, 2.75) is 6.42 Å². The van der Waals surface area contributed by atoms with E-state index in [9.17, 15) is 9.90 Å². The Morgan fingerprint density at radius 1 is 1.62 bits per heavy atom. The average Bonchev–Trinajstić information content (AvgIpc) is 1.61. The highest BCUT2D eigenvalue weighted by Crippen LogP contribution is 1.86. The molecule has 0 bridgehead atoms. The molecule has 0 aliphatic heterocycles. The van der Waals surface area contributed by atoms with Crippen LogP contribution in [0.5, 0.6) is 0 Å². The Bertz CT molecular complexity index is 80.5. The second-order valence-corrected chi connectivity index (χ2v) is 4.19. The van der Waals surface area contributed by atoms with Gasteiger partial charge in [0.05, 0.1) is 12.5 Å². The van der Waals surface area contributed by atoms with Crippen molar-refractivity contribution < 1.29 is 9.90 Å². The molecule has 0 unspecified atom stereocenters. The number of carbonyl (C=O) groups is 1. The first kappa shape index (κ1) is 7.82. The van der Waals surface area contributed by atoms with Gasteiger partial charge in [-0.3, -0.25) is 0 Å². The Balaban J connectivity index is 3.05. The second-order valence-electron chi connectivity index (χ2n) is 1.81. The minimum Gasteiger partial charge on any atom is -0.550 e. The standard InChI is InChI=1S/C5H10O2S/c1-8(2)4-3-5(6)7/h3-4H2,1-2H3. The summed E-state index contributed by atoms with van der Waals surface area (Å²) in [6.07, 6.45) is 4.24. The van der Waals surface area contributed by atoms with E-state index >= 15 is 0 Å². The summed E-state index contributed by atoms with van der Waals surface area (Å²) in [6.45, 7) is 0. The van der Waals surface area contributed by atoms with E-state index in [1.807, 2.05) is 12.5 Å². The lowest BCUT2D eigenvalue weighted by atomic mass is 10.5. The first-order valence-corrected chi connectivity index (χ1v) is 4.58. The quantitative estimate of drug-likeness (QED) is 0.465. The SMILES string of the molecule is C[S+](C)CCC(=O)[O-]. The van der Waals surface area contributed by atoms with Crippen molar-refractivity contribution >= 4 is 16.9 Å². The fourth-order valence-electron chi connectivity index (χ4n) is 0.287. The number of carbonyl (C=O) groups excluding carboxylic acids is 1. The molecule has 48 valence electrons. The number of rotatable bonds is 3. The van der Waals surface area contributed by atoms with Gasteiger partial charge in [-0.25, -0.2) is 0 Å². The van der Waals surface area contributed by atoms with Gasteiger partial charge >= 0.3 is 0 Å². The summed E-state index contributed by atoms with van der Waals surface area (Å²) in [5, 5.41) is 9.80. The number of hydrogen-bond donors (Lipinski definition) is 0. The molecule has 0 heterocycles. The van der Waals surface area contributed by atoms with Gasteiger partial charge in [-0.2, -0.15) is 0 Å². The van der Waals surface area contributed by atoms with Crippen molar-refractivity contribution in [1.82, 2.24) is 0 Å². The molecule has 0 spiro atoms. The zero-order valence-electron chi connectivity index (χ0n) is 5.14. The summed E-state index contributed by atoms with van der Waals surface area (Å²) in [5.74, 6) is -0.186. The molecule has 0 saturated carbocycles. The molecule has 2 nitrogen and oxygen atoms in total. The zero-order valence-corrected chi connectivity index (χ0v) is 5.96. The molecular weight excluding hydrogens is 124 g/mol. The Kier molecular flexibility index (Phi) is 3.69. The third-order valence-corrected chi connectivity index (χ3v) is 1.74. The lowest BCUT2D eigenvalue weighted by molar-refractivity contribution is -0.305. The lowest BCUT2D eigenvalue weighted by Crippen LogP contribution is -2.24. The second kappa shape index (κ2) is 3.78. The highest BCUT2D eigenvalue weighted by molar-refractivity contribution is 7.95. The van der Waals surface area contributed by atoms with E-state index in [4.69, 9.17) is 0 Å². The Morgan fingerprint density at radius 2 is 2.12 bits per heavy atom. The summed E-state index contributed by atoms with van der Waals surface area (Å²) in [6, 6.07) is 0. The first-order chi connectivity index (χ1) is 3.63. The fraction of sp³-hybridized carbons (Fsp3) is 0.800. The summed E-state index contributed by atoms with van der Waals surface area (Å²) >= 11 is 0. The van der Waals surface area contributed by atoms with Crippen molar-refractivity contribution in [2.75, 3.05) is 18.3 Å². The molecule has 8 heavy (non-hydrogen) atoms. The van der Waals surface area contributed by atoms with E-state index < -0.39 is 5.97 Å². The fourth-order valence-corrected chi connectivity index (χ4v) is 0.862. The van der Waals surface area contributed by atoms with Crippen LogP contribution in [0.1, 0.15) is 6.42 Å². The number of carboxylic acid groups (broad SMARTS) is 1. The molecule has 0 aromatic heterocycles. The smallest absolute Gasteiger partial charge is 0.112 e. The maximum absolute atomic E-state index is 9.80. The lowest BCUT2D eigenvalue weighted by Gasteiger charge is -1.96. The van der Waals surface area contributed by atoms with Gasteiger partial charge in [0, 0.05) is 12.4 Å². The third kappa shape index (κ3) is 5.82. The van der Waals surface area contributed by atoms with Crippen molar-refractivity contribution in [3.05, 3.63) is 0 Å². The van der Waals surface area contributed by atoms with Crippen LogP contribution in [-0.4, -0.2) is 24.2 Å². The van der Waals surface area contributed by atoms with Crippen LogP contribution < -0.4 is 5.11 Å². The van der Waals surface area contributed by atoms with Crippen LogP contribution in [0, 0.1) is 0 Å². The molecule has 0 atom stereocenters. The molecule has 0 fully saturated rings. The maximum atomic E-state index is 9.80. The predicted octanol–water partition coefficient (Wildman–Crippen LogP) is -0.996. The number of aliphatic carboxylic acids is 1. The molecule has 0 aliphatic rings. The maximum Gasteiger partial charge on any atom is 0.112 e. The zero-order chi connectivity index (χ0) is 6.57. The largest absolute Gasteiger partial charge is 0.550 e. The van der Waals surface area contributed by atoms with E-state index in [1.165, 1.54) is 0 Å². The molecule has 0 amide bonds. The van der Waals surface area contributed by atoms with Crippen LogP contribution >= 0.6 is 0 Å². The van der Waals surface area contributed by atoms with Gasteiger partial charge in [-0.15, -0.1) is 0 Å². The number of carboxylic acids is 1. The highest BCUT2D eigenvalue weighted by Gasteiger charge is 1.99. The normalized spacial score (nSPS) is 9.88. The van der Waals surface area contributed by atoms with E-state index in [-0.39, 0.29) is 17.3 Å². The van der Waals surface area contributed by atoms with Crippen molar-refractivity contribution in [3.8, 4) is 0 Å². The van der Waals surface area contributed by atoms with E-state index in [2.05, 4.69) is 0 Å². The summed E-state index contributed by atoms with van der Waals surface area (Å²) in [5.41, 5.74) is 0. The average molecular weight is 134 g/mol. The van der Waals surface area contributed by atoms with E-state index in [1.54, 1.807) is 0 Å². The van der Waals surface area contributed by atoms with Crippen LogP contribution in [0.3, 0.4) is 0 Å². The molecular formula is C5H10O2S. The van der Waals surface area contributed by atoms with Gasteiger partial charge in [0.2, 0.25) is 0 Å². The van der Waals surface area contributed by atoms with Gasteiger partial charge in [0.25, 0.3) is 0 Å². The van der Waals surface area contributed by atoms with Crippen LogP contribution in [0.25, 0.3) is 0 Å². The molecule has 0 saturated heterocycles. The van der Waals surface area contributed by atoms with Crippen molar-refractivity contribution in [2.24, 2.45) is 0 Å². The van der Waals surface area contributed by atoms with Crippen LogP contribution in [0.4, 0.5) is 0 Å². The van der Waals surface area contributed by atoms with Gasteiger partial charge in [0.1, 0.15) is 5.75 Å². The van der Waals surface area contributed by atoms with Crippen LogP contribution in [0.15, 0.2) is 0 Å². The molecule has 0 radical (unpaired) electrons. The minimum atomic E-state index is -0.939. The molecule has 0 rings (SSSR count).